The number of hydrogen-bond donors (Lipinski definition) is 2. The maximum absolute atomic E-state index is 14.8. The first kappa shape index (κ1) is 26.6. The van der Waals surface area contributed by atoms with Crippen molar-refractivity contribution in [3.63, 3.8) is 0 Å². The van der Waals surface area contributed by atoms with Crippen LogP contribution in [0.25, 0.3) is 11.0 Å². The van der Waals surface area contributed by atoms with Crippen LogP contribution in [-0.4, -0.2) is 63.4 Å². The summed E-state index contributed by atoms with van der Waals surface area (Å²) < 4.78 is 27.4. The zero-order valence-electron chi connectivity index (χ0n) is 19.5. The van der Waals surface area contributed by atoms with Gasteiger partial charge >= 0.3 is 0 Å². The monoisotopic (exact) mass is 539 g/mol. The molecule has 0 bridgehead atoms. The zero-order chi connectivity index (χ0) is 23.3. The van der Waals surface area contributed by atoms with E-state index in [4.69, 9.17) is 9.47 Å². The molecule has 1 fully saturated rings. The molecule has 0 spiro atoms. The highest BCUT2D eigenvalue weighted by Gasteiger charge is 2.43. The number of likely N-dealkylation sites (tertiary alicyclic amines) is 1. The number of nitrogens with zero attached hydrogens (tertiary/aromatic N) is 4. The van der Waals surface area contributed by atoms with Gasteiger partial charge in [-0.15, -0.1) is 24.8 Å². The summed E-state index contributed by atoms with van der Waals surface area (Å²) in [5, 5.41) is 15.0. The molecule has 12 heteroatoms. The van der Waals surface area contributed by atoms with Crippen LogP contribution in [-0.2, 0) is 18.7 Å². The van der Waals surface area contributed by atoms with Gasteiger partial charge in [-0.25, -0.2) is 4.39 Å². The highest BCUT2D eigenvalue weighted by molar-refractivity contribution is 5.85. The molecule has 36 heavy (non-hydrogen) atoms. The van der Waals surface area contributed by atoms with Gasteiger partial charge in [0.05, 0.1) is 41.2 Å². The Labute approximate surface area is 219 Å². The third kappa shape index (κ3) is 4.76. The Balaban J connectivity index is 0.00000152. The predicted molar refractivity (Wildman–Crippen MR) is 136 cm³/mol. The molecule has 0 saturated carbocycles. The van der Waals surface area contributed by atoms with Gasteiger partial charge < -0.3 is 24.5 Å². The molecule has 0 amide bonds. The molecule has 194 valence electrons. The van der Waals surface area contributed by atoms with Crippen molar-refractivity contribution in [2.75, 3.05) is 32.8 Å². The molecule has 1 atom stereocenters. The van der Waals surface area contributed by atoms with E-state index in [-0.39, 0.29) is 49.0 Å². The fraction of sp³-hybridized carbons (Fsp3) is 0.458. The second-order valence-corrected chi connectivity index (χ2v) is 9.25. The van der Waals surface area contributed by atoms with Crippen molar-refractivity contribution in [1.82, 2.24) is 24.8 Å². The highest BCUT2D eigenvalue weighted by atomic mass is 35.5. The van der Waals surface area contributed by atoms with E-state index >= 15 is 0 Å². The summed E-state index contributed by atoms with van der Waals surface area (Å²) in [6, 6.07) is 5.22. The van der Waals surface area contributed by atoms with Gasteiger partial charge in [-0.2, -0.15) is 0 Å². The van der Waals surface area contributed by atoms with E-state index in [1.54, 1.807) is 12.3 Å². The van der Waals surface area contributed by atoms with Crippen LogP contribution in [0.15, 0.2) is 35.4 Å². The molecule has 9 nitrogen and oxygen atoms in total. The average Bonchev–Trinajstić information content (AvgIpc) is 3.17. The Hall–Kier alpha value is -2.50. The largest absolute Gasteiger partial charge is 0.486 e. The lowest BCUT2D eigenvalue weighted by Gasteiger charge is -2.37. The first-order valence-electron chi connectivity index (χ1n) is 11.6. The molecule has 3 aromatic heterocycles. The van der Waals surface area contributed by atoms with Gasteiger partial charge in [0.1, 0.15) is 24.6 Å². The Kier molecular flexibility index (Phi) is 7.72. The lowest BCUT2D eigenvalue weighted by molar-refractivity contribution is -0.0159. The molecule has 0 aliphatic carbocycles. The second-order valence-electron chi connectivity index (χ2n) is 9.25. The minimum absolute atomic E-state index is 0. The topological polar surface area (TPSA) is 102 Å². The van der Waals surface area contributed by atoms with Crippen molar-refractivity contribution in [2.24, 2.45) is 0 Å². The maximum atomic E-state index is 14.8. The smallest absolute Gasteiger partial charge is 0.251 e. The zero-order valence-corrected chi connectivity index (χ0v) is 21.1. The van der Waals surface area contributed by atoms with E-state index in [1.807, 2.05) is 6.07 Å². The Bertz CT molecular complexity index is 1320. The first-order valence-corrected chi connectivity index (χ1v) is 11.6. The fourth-order valence-corrected chi connectivity index (χ4v) is 5.31. The third-order valence-corrected chi connectivity index (χ3v) is 6.97. The van der Waals surface area contributed by atoms with Crippen LogP contribution in [0, 0.1) is 5.82 Å². The fourth-order valence-electron chi connectivity index (χ4n) is 5.31. The second kappa shape index (κ2) is 10.5. The molecule has 6 rings (SSSR count). The van der Waals surface area contributed by atoms with Crippen molar-refractivity contribution in [2.45, 2.75) is 37.6 Å². The van der Waals surface area contributed by atoms with Crippen molar-refractivity contribution >= 4 is 35.8 Å². The van der Waals surface area contributed by atoms with Crippen molar-refractivity contribution in [1.29, 1.82) is 0 Å². The standard InChI is InChI=1S/C24H26FN5O4.2ClH/c25-17-11-28-18-1-2-21(31)30-14-24(32,22(17)23(18)30)13-29-5-3-15(4-6-29)26-10-16-9-19-20(12-27-16)34-8-7-33-19;;/h1-2,9,11-12,15,26,32H,3-8,10,13-14H2;2*1H. The van der Waals surface area contributed by atoms with Gasteiger partial charge in [-0.3, -0.25) is 19.7 Å². The molecule has 3 aliphatic heterocycles. The molecule has 1 unspecified atom stereocenters. The van der Waals surface area contributed by atoms with E-state index in [0.29, 0.717) is 42.6 Å². The summed E-state index contributed by atoms with van der Waals surface area (Å²) in [7, 11) is 0. The summed E-state index contributed by atoms with van der Waals surface area (Å²) in [5.74, 6) is 0.839. The molecular weight excluding hydrogens is 512 g/mol. The Morgan fingerprint density at radius 3 is 2.64 bits per heavy atom. The summed E-state index contributed by atoms with van der Waals surface area (Å²) in [6.07, 6.45) is 4.61. The van der Waals surface area contributed by atoms with Crippen LogP contribution >= 0.6 is 24.8 Å². The number of hydrogen-bond acceptors (Lipinski definition) is 8. The molecule has 0 radical (unpaired) electrons. The van der Waals surface area contributed by atoms with Crippen molar-refractivity contribution < 1.29 is 19.0 Å². The molecular formula is C24H28Cl2FN5O4. The SMILES string of the molecule is Cl.Cl.O=c1ccc2ncc(F)c3c2n1CC3(O)CN1CCC(NCc2cc3c(cn2)OCCO3)CC1. The maximum Gasteiger partial charge on any atom is 0.251 e. The van der Waals surface area contributed by atoms with Crippen LogP contribution in [0.5, 0.6) is 11.5 Å². The van der Waals surface area contributed by atoms with Gasteiger partial charge in [-0.1, -0.05) is 0 Å². The number of aliphatic hydroxyl groups is 1. The van der Waals surface area contributed by atoms with Crippen molar-refractivity contribution in [3.05, 3.63) is 58.0 Å². The van der Waals surface area contributed by atoms with Gasteiger partial charge in [0.15, 0.2) is 11.5 Å². The van der Waals surface area contributed by atoms with E-state index in [2.05, 4.69) is 20.2 Å². The molecule has 3 aromatic rings. The van der Waals surface area contributed by atoms with Gasteiger partial charge in [-0.05, 0) is 32.0 Å². The summed E-state index contributed by atoms with van der Waals surface area (Å²) in [6.45, 7) is 3.54. The average molecular weight is 540 g/mol. The number of halogens is 3. The molecule has 6 heterocycles. The molecule has 3 aliphatic rings. The number of ether oxygens (including phenoxy) is 2. The number of fused-ring (bicyclic) bond motifs is 1. The van der Waals surface area contributed by atoms with Crippen LogP contribution in [0.1, 0.15) is 24.1 Å². The molecule has 0 aromatic carbocycles. The van der Waals surface area contributed by atoms with Crippen LogP contribution < -0.4 is 20.3 Å². The van der Waals surface area contributed by atoms with Crippen LogP contribution in [0.4, 0.5) is 4.39 Å². The van der Waals surface area contributed by atoms with E-state index in [1.165, 1.54) is 10.6 Å². The molecule has 2 N–H and O–H groups in total. The number of aromatic nitrogens is 3. The van der Waals surface area contributed by atoms with E-state index in [9.17, 15) is 14.3 Å². The summed E-state index contributed by atoms with van der Waals surface area (Å²) in [4.78, 5) is 23.0. The molecule has 1 saturated heterocycles. The van der Waals surface area contributed by atoms with Crippen LogP contribution in [0.3, 0.4) is 0 Å². The number of piperidine rings is 1. The quantitative estimate of drug-likeness (QED) is 0.507. The Morgan fingerprint density at radius 2 is 1.86 bits per heavy atom. The third-order valence-electron chi connectivity index (χ3n) is 6.97. The number of rotatable bonds is 5. The lowest BCUT2D eigenvalue weighted by atomic mass is 9.93. The number of β-amino-alcohol motifs (C(OH)–C–C–N with tert-alkyl or cyclic N) is 1. The first-order chi connectivity index (χ1) is 16.5. The lowest BCUT2D eigenvalue weighted by Crippen LogP contribution is -2.48. The minimum atomic E-state index is -1.46. The van der Waals surface area contributed by atoms with E-state index < -0.39 is 11.4 Å². The van der Waals surface area contributed by atoms with Gasteiger partial charge in [0, 0.05) is 31.3 Å². The number of pyridine rings is 3. The van der Waals surface area contributed by atoms with Gasteiger partial charge in [0.25, 0.3) is 5.56 Å². The highest BCUT2D eigenvalue weighted by Crippen LogP contribution is 2.38. The predicted octanol–water partition coefficient (Wildman–Crippen LogP) is 2.00. The van der Waals surface area contributed by atoms with Crippen LogP contribution in [0.2, 0.25) is 0 Å². The Morgan fingerprint density at radius 1 is 1.11 bits per heavy atom. The summed E-state index contributed by atoms with van der Waals surface area (Å²) >= 11 is 0. The summed E-state index contributed by atoms with van der Waals surface area (Å²) in [5.41, 5.74) is 0.273. The van der Waals surface area contributed by atoms with E-state index in [0.717, 1.165) is 43.6 Å². The number of nitrogens with one attached hydrogen (secondary N) is 1. The van der Waals surface area contributed by atoms with Gasteiger partial charge in [0.2, 0.25) is 0 Å². The minimum Gasteiger partial charge on any atom is -0.486 e. The van der Waals surface area contributed by atoms with Crippen molar-refractivity contribution in [3.8, 4) is 11.5 Å². The normalized spacial score (nSPS) is 21.2.